The maximum absolute atomic E-state index is 13.2. The van der Waals surface area contributed by atoms with E-state index < -0.39 is 5.92 Å². The fourth-order valence-corrected chi connectivity index (χ4v) is 3.64. The molecule has 0 bridgehead atoms. The molecule has 27 heavy (non-hydrogen) atoms. The van der Waals surface area contributed by atoms with Crippen LogP contribution in [-0.4, -0.2) is 28.5 Å². The quantitative estimate of drug-likeness (QED) is 0.674. The molecular weight excluding hydrogens is 387 g/mol. The number of fused-ring (bicyclic) bond motifs is 1. The largest absolute Gasteiger partial charge is 0.508 e. The van der Waals surface area contributed by atoms with Crippen molar-refractivity contribution in [2.75, 3.05) is 7.05 Å². The van der Waals surface area contributed by atoms with Crippen LogP contribution in [0.1, 0.15) is 34.5 Å². The van der Waals surface area contributed by atoms with Gasteiger partial charge in [-0.3, -0.25) is 14.2 Å². The molecule has 3 rings (SSSR count). The molecule has 0 aliphatic heterocycles. The molecule has 0 saturated heterocycles. The van der Waals surface area contributed by atoms with E-state index in [4.69, 9.17) is 23.2 Å². The third-order valence-electron chi connectivity index (χ3n) is 4.68. The lowest BCUT2D eigenvalue weighted by molar-refractivity contribution is -0.121. The summed E-state index contributed by atoms with van der Waals surface area (Å²) in [6, 6.07) is 9.42. The zero-order valence-corrected chi connectivity index (χ0v) is 16.5. The highest BCUT2D eigenvalue weighted by atomic mass is 35.5. The van der Waals surface area contributed by atoms with Gasteiger partial charge in [0.1, 0.15) is 5.75 Å². The van der Waals surface area contributed by atoms with Gasteiger partial charge in [-0.1, -0.05) is 23.2 Å². The van der Waals surface area contributed by atoms with Gasteiger partial charge in [-0.25, -0.2) is 0 Å². The van der Waals surface area contributed by atoms with Crippen LogP contribution in [0.4, 0.5) is 0 Å². The summed E-state index contributed by atoms with van der Waals surface area (Å²) in [4.78, 5) is 25.4. The molecule has 5 nitrogen and oxygen atoms in total. The molecule has 1 aromatic heterocycles. The number of nitrogens with one attached hydrogen (secondary N) is 1. The summed E-state index contributed by atoms with van der Waals surface area (Å²) in [5.74, 6) is -0.909. The SMILES string of the molecule is CNC(=O)[C@H](C)c1c(C)n(C(=O)c2ccc(Cl)c(Cl)c2)c2ccc(O)cc12. The molecule has 1 heterocycles. The number of benzene rings is 2. The second-order valence-corrected chi connectivity index (χ2v) is 7.12. The second kappa shape index (κ2) is 7.25. The molecule has 0 spiro atoms. The van der Waals surface area contributed by atoms with Crippen molar-refractivity contribution in [3.63, 3.8) is 0 Å². The topological polar surface area (TPSA) is 71.3 Å². The number of carbonyl (C=O) groups excluding carboxylic acids is 2. The van der Waals surface area contributed by atoms with Crippen LogP contribution in [0.5, 0.6) is 5.75 Å². The zero-order chi connectivity index (χ0) is 19.9. The van der Waals surface area contributed by atoms with Crippen LogP contribution in [0.15, 0.2) is 36.4 Å². The van der Waals surface area contributed by atoms with Crippen molar-refractivity contribution < 1.29 is 14.7 Å². The number of halogens is 2. The molecule has 3 aromatic rings. The first kappa shape index (κ1) is 19.3. The summed E-state index contributed by atoms with van der Waals surface area (Å²) in [5.41, 5.74) is 2.29. The van der Waals surface area contributed by atoms with E-state index in [0.717, 1.165) is 0 Å². The highest BCUT2D eigenvalue weighted by Gasteiger charge is 2.26. The van der Waals surface area contributed by atoms with Gasteiger partial charge in [0.15, 0.2) is 0 Å². The first-order chi connectivity index (χ1) is 12.8. The van der Waals surface area contributed by atoms with E-state index in [1.165, 1.54) is 16.7 Å². The third kappa shape index (κ3) is 3.29. The standard InChI is InChI=1S/C20H18Cl2N2O3/c1-10(19(26)23-3)18-11(2)24(17-7-5-13(25)9-14(17)18)20(27)12-4-6-15(21)16(22)8-12/h4-10,25H,1-3H3,(H,23,26)/t10-/m1/s1. The maximum atomic E-state index is 13.2. The van der Waals surface area contributed by atoms with E-state index in [0.29, 0.717) is 32.7 Å². The average molecular weight is 405 g/mol. The van der Waals surface area contributed by atoms with Crippen LogP contribution in [0.3, 0.4) is 0 Å². The van der Waals surface area contributed by atoms with Crippen LogP contribution in [0.2, 0.25) is 10.0 Å². The van der Waals surface area contributed by atoms with Gasteiger partial charge in [0.05, 0.1) is 21.5 Å². The number of likely N-dealkylation sites (N-methyl/N-ethyl adjacent to an activating group) is 1. The Morgan fingerprint density at radius 3 is 2.44 bits per heavy atom. The lowest BCUT2D eigenvalue weighted by Crippen LogP contribution is -2.24. The molecule has 0 aliphatic carbocycles. The summed E-state index contributed by atoms with van der Waals surface area (Å²) in [7, 11) is 1.56. The van der Waals surface area contributed by atoms with E-state index in [-0.39, 0.29) is 22.6 Å². The number of aromatic hydroxyl groups is 1. The number of aromatic nitrogens is 1. The number of hydrogen-bond donors (Lipinski definition) is 2. The van der Waals surface area contributed by atoms with Crippen molar-refractivity contribution >= 4 is 45.9 Å². The lowest BCUT2D eigenvalue weighted by Gasteiger charge is -2.12. The molecular formula is C20H18Cl2N2O3. The molecule has 0 fully saturated rings. The Kier molecular flexibility index (Phi) is 5.18. The normalized spacial score (nSPS) is 12.2. The van der Waals surface area contributed by atoms with Crippen molar-refractivity contribution in [2.45, 2.75) is 19.8 Å². The highest BCUT2D eigenvalue weighted by Crippen LogP contribution is 2.35. The summed E-state index contributed by atoms with van der Waals surface area (Å²) < 4.78 is 1.53. The van der Waals surface area contributed by atoms with Crippen molar-refractivity contribution in [3.8, 4) is 5.75 Å². The molecule has 0 unspecified atom stereocenters. The fourth-order valence-electron chi connectivity index (χ4n) is 3.34. The van der Waals surface area contributed by atoms with Crippen LogP contribution in [0.25, 0.3) is 10.9 Å². The molecule has 1 amide bonds. The number of rotatable bonds is 3. The summed E-state index contributed by atoms with van der Waals surface area (Å²) >= 11 is 12.0. The van der Waals surface area contributed by atoms with E-state index in [1.807, 2.05) is 0 Å². The summed E-state index contributed by atoms with van der Waals surface area (Å²) in [6.45, 7) is 3.54. The molecule has 0 radical (unpaired) electrons. The van der Waals surface area contributed by atoms with Gasteiger partial charge in [-0.15, -0.1) is 0 Å². The van der Waals surface area contributed by atoms with Gasteiger partial charge >= 0.3 is 0 Å². The number of hydrogen-bond acceptors (Lipinski definition) is 3. The Morgan fingerprint density at radius 1 is 1.11 bits per heavy atom. The van der Waals surface area contributed by atoms with Crippen LogP contribution in [-0.2, 0) is 4.79 Å². The predicted octanol–water partition coefficient (Wildman–Crippen LogP) is 4.50. The number of phenolic OH excluding ortho intramolecular Hbond substituents is 1. The van der Waals surface area contributed by atoms with E-state index in [9.17, 15) is 14.7 Å². The molecule has 7 heteroatoms. The molecule has 0 saturated carbocycles. The fraction of sp³-hybridized carbons (Fsp3) is 0.200. The number of carbonyl (C=O) groups is 2. The van der Waals surface area contributed by atoms with E-state index in [2.05, 4.69) is 5.32 Å². The van der Waals surface area contributed by atoms with Gasteiger partial charge in [-0.2, -0.15) is 0 Å². The maximum Gasteiger partial charge on any atom is 0.262 e. The van der Waals surface area contributed by atoms with Gasteiger partial charge in [0, 0.05) is 23.7 Å². The minimum Gasteiger partial charge on any atom is -0.508 e. The van der Waals surface area contributed by atoms with E-state index >= 15 is 0 Å². The molecule has 2 aromatic carbocycles. The summed E-state index contributed by atoms with van der Waals surface area (Å²) in [6.07, 6.45) is 0. The van der Waals surface area contributed by atoms with Gasteiger partial charge in [0.25, 0.3) is 5.91 Å². The number of phenols is 1. The van der Waals surface area contributed by atoms with E-state index in [1.54, 1.807) is 45.2 Å². The van der Waals surface area contributed by atoms with Crippen LogP contribution in [0, 0.1) is 6.92 Å². The Bertz CT molecular complexity index is 1070. The molecule has 0 aliphatic rings. The number of amides is 1. The molecule has 2 N–H and O–H groups in total. The van der Waals surface area contributed by atoms with Crippen molar-refractivity contribution in [3.05, 3.63) is 63.3 Å². The van der Waals surface area contributed by atoms with Crippen molar-refractivity contribution in [2.24, 2.45) is 0 Å². The predicted molar refractivity (Wildman–Crippen MR) is 107 cm³/mol. The lowest BCUT2D eigenvalue weighted by atomic mass is 9.97. The Hall–Kier alpha value is -2.50. The minimum absolute atomic E-state index is 0.0620. The van der Waals surface area contributed by atoms with Crippen LogP contribution >= 0.6 is 23.2 Å². The summed E-state index contributed by atoms with van der Waals surface area (Å²) in [5, 5.41) is 13.9. The minimum atomic E-state index is -0.498. The van der Waals surface area contributed by atoms with Gasteiger partial charge in [-0.05, 0) is 55.8 Å². The zero-order valence-electron chi connectivity index (χ0n) is 15.0. The Labute approximate surface area is 166 Å². The van der Waals surface area contributed by atoms with Crippen LogP contribution < -0.4 is 5.32 Å². The monoisotopic (exact) mass is 404 g/mol. The third-order valence-corrected chi connectivity index (χ3v) is 5.42. The Balaban J connectivity index is 2.27. The Morgan fingerprint density at radius 2 is 1.81 bits per heavy atom. The second-order valence-electron chi connectivity index (χ2n) is 6.31. The highest BCUT2D eigenvalue weighted by molar-refractivity contribution is 6.42. The first-order valence-electron chi connectivity index (χ1n) is 8.31. The van der Waals surface area contributed by atoms with Crippen molar-refractivity contribution in [1.29, 1.82) is 0 Å². The molecule has 140 valence electrons. The molecule has 1 atom stereocenters. The first-order valence-corrected chi connectivity index (χ1v) is 9.07. The van der Waals surface area contributed by atoms with Gasteiger partial charge < -0.3 is 10.4 Å². The van der Waals surface area contributed by atoms with Crippen molar-refractivity contribution in [1.82, 2.24) is 9.88 Å². The van der Waals surface area contributed by atoms with Gasteiger partial charge in [0.2, 0.25) is 5.91 Å². The smallest absolute Gasteiger partial charge is 0.262 e. The average Bonchev–Trinajstić information content (AvgIpc) is 2.93. The number of nitrogens with zero attached hydrogens (tertiary/aromatic N) is 1.